The van der Waals surface area contributed by atoms with E-state index in [-0.39, 0.29) is 29.6 Å². The van der Waals surface area contributed by atoms with Crippen molar-refractivity contribution < 1.29 is 14.0 Å². The summed E-state index contributed by atoms with van der Waals surface area (Å²) in [7, 11) is 0. The van der Waals surface area contributed by atoms with Gasteiger partial charge in [0.25, 0.3) is 0 Å². The van der Waals surface area contributed by atoms with Crippen molar-refractivity contribution in [1.29, 1.82) is 0 Å². The fourth-order valence-corrected chi connectivity index (χ4v) is 3.39. The van der Waals surface area contributed by atoms with Crippen LogP contribution in [-0.2, 0) is 9.59 Å². The lowest BCUT2D eigenvalue weighted by molar-refractivity contribution is -0.135. The van der Waals surface area contributed by atoms with Gasteiger partial charge in [-0.25, -0.2) is 4.39 Å². The number of hydrogen-bond acceptors (Lipinski definition) is 3. The van der Waals surface area contributed by atoms with Crippen LogP contribution in [0.5, 0.6) is 0 Å². The summed E-state index contributed by atoms with van der Waals surface area (Å²) in [6.07, 6.45) is 2.81. The summed E-state index contributed by atoms with van der Waals surface area (Å²) in [6.45, 7) is 3.47. The molecule has 3 atom stereocenters. The summed E-state index contributed by atoms with van der Waals surface area (Å²) in [5.41, 5.74) is 6.19. The Morgan fingerprint density at radius 2 is 1.92 bits per heavy atom. The Balaban J connectivity index is 1.64. The summed E-state index contributed by atoms with van der Waals surface area (Å²) in [5.74, 6) is -0.0964. The second kappa shape index (κ2) is 6.89. The van der Waals surface area contributed by atoms with Gasteiger partial charge in [0.15, 0.2) is 0 Å². The van der Waals surface area contributed by atoms with Crippen molar-refractivity contribution >= 4 is 11.8 Å². The van der Waals surface area contributed by atoms with Gasteiger partial charge in [-0.2, -0.15) is 0 Å². The molecule has 1 saturated heterocycles. The third-order valence-electron chi connectivity index (χ3n) is 5.01. The molecule has 24 heavy (non-hydrogen) atoms. The predicted octanol–water partition coefficient (Wildman–Crippen LogP) is 1.59. The number of nitrogens with two attached hydrogens (primary N) is 1. The average molecular weight is 333 g/mol. The van der Waals surface area contributed by atoms with E-state index in [4.69, 9.17) is 5.73 Å². The van der Waals surface area contributed by atoms with E-state index in [1.165, 1.54) is 12.1 Å². The number of carbonyl (C=O) groups excluding carboxylic acids is 2. The Morgan fingerprint density at radius 1 is 1.25 bits per heavy atom. The third kappa shape index (κ3) is 3.75. The summed E-state index contributed by atoms with van der Waals surface area (Å²) in [5, 5.41) is 3.31. The molecule has 3 unspecified atom stereocenters. The monoisotopic (exact) mass is 333 g/mol. The van der Waals surface area contributed by atoms with Gasteiger partial charge in [0.1, 0.15) is 11.9 Å². The van der Waals surface area contributed by atoms with E-state index in [9.17, 15) is 14.0 Å². The first kappa shape index (κ1) is 16.9. The molecule has 1 aliphatic heterocycles. The van der Waals surface area contributed by atoms with Crippen LogP contribution in [0.2, 0.25) is 0 Å². The molecule has 3 rings (SSSR count). The predicted molar refractivity (Wildman–Crippen MR) is 88.3 cm³/mol. The molecule has 0 bridgehead atoms. The zero-order chi connectivity index (χ0) is 17.3. The van der Waals surface area contributed by atoms with E-state index < -0.39 is 11.9 Å². The molecule has 130 valence electrons. The summed E-state index contributed by atoms with van der Waals surface area (Å²) >= 11 is 0. The molecule has 5 nitrogen and oxygen atoms in total. The van der Waals surface area contributed by atoms with Crippen LogP contribution in [0.25, 0.3) is 0 Å². The Morgan fingerprint density at radius 3 is 2.46 bits per heavy atom. The SMILES string of the molecule is CC1CN(C(=O)C2CC2)CCC1NC(C(N)=O)c1ccc(F)cc1. The highest BCUT2D eigenvalue weighted by Gasteiger charge is 2.37. The lowest BCUT2D eigenvalue weighted by Gasteiger charge is -2.39. The van der Waals surface area contributed by atoms with Gasteiger partial charge < -0.3 is 10.6 Å². The summed E-state index contributed by atoms with van der Waals surface area (Å²) < 4.78 is 13.1. The number of rotatable bonds is 5. The fourth-order valence-electron chi connectivity index (χ4n) is 3.39. The number of primary amides is 1. The van der Waals surface area contributed by atoms with Crippen LogP contribution in [0, 0.1) is 17.7 Å². The van der Waals surface area contributed by atoms with Crippen LogP contribution in [0.15, 0.2) is 24.3 Å². The molecule has 1 aliphatic carbocycles. The van der Waals surface area contributed by atoms with Gasteiger partial charge in [-0.05, 0) is 42.9 Å². The van der Waals surface area contributed by atoms with Crippen molar-refractivity contribution in [2.45, 2.75) is 38.3 Å². The van der Waals surface area contributed by atoms with Crippen molar-refractivity contribution in [3.63, 3.8) is 0 Å². The molecule has 0 aromatic heterocycles. The number of carbonyl (C=O) groups is 2. The van der Waals surface area contributed by atoms with Crippen LogP contribution in [0.1, 0.15) is 37.8 Å². The minimum atomic E-state index is -0.649. The second-order valence-electron chi connectivity index (χ2n) is 6.98. The number of halogens is 1. The highest BCUT2D eigenvalue weighted by atomic mass is 19.1. The van der Waals surface area contributed by atoms with E-state index >= 15 is 0 Å². The van der Waals surface area contributed by atoms with Crippen LogP contribution in [0.4, 0.5) is 4.39 Å². The van der Waals surface area contributed by atoms with E-state index in [2.05, 4.69) is 12.2 Å². The molecule has 1 aromatic carbocycles. The molecule has 6 heteroatoms. The highest BCUT2D eigenvalue weighted by molar-refractivity contribution is 5.82. The molecule has 2 aliphatic rings. The van der Waals surface area contributed by atoms with Crippen molar-refractivity contribution in [3.05, 3.63) is 35.6 Å². The topological polar surface area (TPSA) is 75.4 Å². The van der Waals surface area contributed by atoms with Gasteiger partial charge in [0.05, 0.1) is 0 Å². The van der Waals surface area contributed by atoms with Gasteiger partial charge >= 0.3 is 0 Å². The lowest BCUT2D eigenvalue weighted by atomic mass is 9.91. The van der Waals surface area contributed by atoms with E-state index in [0.29, 0.717) is 18.7 Å². The molecule has 1 heterocycles. The fraction of sp³-hybridized carbons (Fsp3) is 0.556. The molecule has 0 radical (unpaired) electrons. The van der Waals surface area contributed by atoms with Gasteiger partial charge in [0, 0.05) is 25.0 Å². The first-order valence-corrected chi connectivity index (χ1v) is 8.55. The third-order valence-corrected chi connectivity index (χ3v) is 5.01. The van der Waals surface area contributed by atoms with E-state index in [0.717, 1.165) is 19.3 Å². The number of piperidine rings is 1. The Labute approximate surface area is 141 Å². The van der Waals surface area contributed by atoms with Crippen molar-refractivity contribution in [2.75, 3.05) is 13.1 Å². The molecule has 0 spiro atoms. The number of amides is 2. The zero-order valence-electron chi connectivity index (χ0n) is 13.9. The van der Waals surface area contributed by atoms with Gasteiger partial charge in [0.2, 0.25) is 11.8 Å². The largest absolute Gasteiger partial charge is 0.368 e. The normalized spacial score (nSPS) is 25.3. The maximum Gasteiger partial charge on any atom is 0.239 e. The maximum absolute atomic E-state index is 13.1. The first-order chi connectivity index (χ1) is 11.5. The standard InChI is InChI=1S/C18H24FN3O2/c1-11-10-22(18(24)13-2-3-13)9-8-15(11)21-16(17(20)23)12-4-6-14(19)7-5-12/h4-7,11,13,15-16,21H,2-3,8-10H2,1H3,(H2,20,23). The van der Waals surface area contributed by atoms with Gasteiger partial charge in [-0.1, -0.05) is 19.1 Å². The number of hydrogen-bond donors (Lipinski definition) is 2. The van der Waals surface area contributed by atoms with E-state index in [1.807, 2.05) is 4.90 Å². The van der Waals surface area contributed by atoms with Crippen molar-refractivity contribution in [1.82, 2.24) is 10.2 Å². The molecule has 2 amide bonds. The second-order valence-corrected chi connectivity index (χ2v) is 6.98. The van der Waals surface area contributed by atoms with Crippen molar-refractivity contribution in [2.24, 2.45) is 17.6 Å². The highest BCUT2D eigenvalue weighted by Crippen LogP contribution is 2.32. The molecule has 2 fully saturated rings. The quantitative estimate of drug-likeness (QED) is 0.859. The Hall–Kier alpha value is -1.95. The smallest absolute Gasteiger partial charge is 0.239 e. The average Bonchev–Trinajstić information content (AvgIpc) is 3.38. The molecular weight excluding hydrogens is 309 g/mol. The lowest BCUT2D eigenvalue weighted by Crippen LogP contribution is -2.52. The molecule has 1 aromatic rings. The summed E-state index contributed by atoms with van der Waals surface area (Å²) in [6, 6.07) is 5.25. The molecule has 1 saturated carbocycles. The zero-order valence-corrected chi connectivity index (χ0v) is 13.9. The number of likely N-dealkylation sites (tertiary alicyclic amines) is 1. The minimum Gasteiger partial charge on any atom is -0.368 e. The molecule has 3 N–H and O–H groups in total. The van der Waals surface area contributed by atoms with Crippen LogP contribution in [-0.4, -0.2) is 35.8 Å². The summed E-state index contributed by atoms with van der Waals surface area (Å²) in [4.78, 5) is 26.0. The number of nitrogens with one attached hydrogen (secondary N) is 1. The van der Waals surface area contributed by atoms with Crippen LogP contribution in [0.3, 0.4) is 0 Å². The number of benzene rings is 1. The first-order valence-electron chi connectivity index (χ1n) is 8.55. The number of nitrogens with zero attached hydrogens (tertiary/aromatic N) is 1. The van der Waals surface area contributed by atoms with Crippen LogP contribution < -0.4 is 11.1 Å². The van der Waals surface area contributed by atoms with Crippen molar-refractivity contribution in [3.8, 4) is 0 Å². The molecular formula is C18H24FN3O2. The minimum absolute atomic E-state index is 0.0933. The Kier molecular flexibility index (Phi) is 4.85. The van der Waals surface area contributed by atoms with Gasteiger partial charge in [-0.3, -0.25) is 14.9 Å². The van der Waals surface area contributed by atoms with E-state index in [1.54, 1.807) is 12.1 Å². The van der Waals surface area contributed by atoms with Gasteiger partial charge in [-0.15, -0.1) is 0 Å². The Bertz CT molecular complexity index is 615. The van der Waals surface area contributed by atoms with Crippen LogP contribution >= 0.6 is 0 Å². The maximum atomic E-state index is 13.1.